The van der Waals surface area contributed by atoms with E-state index in [1.165, 1.54) is 0 Å². The first kappa shape index (κ1) is 16.2. The van der Waals surface area contributed by atoms with Gasteiger partial charge in [-0.25, -0.2) is 4.79 Å². The zero-order chi connectivity index (χ0) is 16.1. The van der Waals surface area contributed by atoms with Crippen molar-refractivity contribution in [3.8, 4) is 17.6 Å². The summed E-state index contributed by atoms with van der Waals surface area (Å²) in [6.45, 7) is 1.55. The lowest BCUT2D eigenvalue weighted by Crippen LogP contribution is -2.28. The predicted octanol–water partition coefficient (Wildman–Crippen LogP) is 4.24. The first-order valence-corrected chi connectivity index (χ1v) is 7.09. The second kappa shape index (κ2) is 7.17. The molecule has 1 atom stereocenters. The quantitative estimate of drug-likeness (QED) is 0.619. The minimum atomic E-state index is -0.844. The Labute approximate surface area is 137 Å². The van der Waals surface area contributed by atoms with Crippen LogP contribution in [-0.4, -0.2) is 12.1 Å². The van der Waals surface area contributed by atoms with Crippen molar-refractivity contribution in [2.75, 3.05) is 0 Å². The number of hydrogen-bond donors (Lipinski definition) is 0. The molecule has 2 aromatic rings. The number of halogens is 2. The second-order valence-electron chi connectivity index (χ2n) is 4.37. The van der Waals surface area contributed by atoms with Gasteiger partial charge in [0.2, 0.25) is 0 Å². The highest BCUT2D eigenvalue weighted by Crippen LogP contribution is 2.31. The fraction of sp³-hybridized carbons (Fsp3) is 0.125. The van der Waals surface area contributed by atoms with Gasteiger partial charge in [-0.3, -0.25) is 0 Å². The van der Waals surface area contributed by atoms with Gasteiger partial charge >= 0.3 is 5.97 Å². The van der Waals surface area contributed by atoms with Crippen LogP contribution in [0.25, 0.3) is 0 Å². The van der Waals surface area contributed by atoms with Gasteiger partial charge in [-0.05, 0) is 43.3 Å². The largest absolute Gasteiger partial charge is 0.479 e. The van der Waals surface area contributed by atoms with Crippen molar-refractivity contribution >= 4 is 29.2 Å². The van der Waals surface area contributed by atoms with Crippen LogP contribution in [0.3, 0.4) is 0 Å². The van der Waals surface area contributed by atoms with E-state index in [-0.39, 0.29) is 10.8 Å². The van der Waals surface area contributed by atoms with E-state index in [0.717, 1.165) is 0 Å². The molecule has 2 rings (SSSR count). The first-order chi connectivity index (χ1) is 10.5. The summed E-state index contributed by atoms with van der Waals surface area (Å²) in [7, 11) is 0. The molecule has 0 bridgehead atoms. The van der Waals surface area contributed by atoms with Crippen LogP contribution < -0.4 is 9.47 Å². The highest BCUT2D eigenvalue weighted by Gasteiger charge is 2.19. The third-order valence-electron chi connectivity index (χ3n) is 2.75. The molecule has 0 aliphatic rings. The molecule has 1 unspecified atom stereocenters. The van der Waals surface area contributed by atoms with Gasteiger partial charge in [0.25, 0.3) is 0 Å². The predicted molar refractivity (Wildman–Crippen MR) is 83.3 cm³/mol. The van der Waals surface area contributed by atoms with Crippen LogP contribution in [0.4, 0.5) is 0 Å². The van der Waals surface area contributed by atoms with E-state index in [0.29, 0.717) is 16.3 Å². The Morgan fingerprint density at radius 3 is 2.50 bits per heavy atom. The second-order valence-corrected chi connectivity index (χ2v) is 5.15. The van der Waals surface area contributed by atoms with E-state index < -0.39 is 12.1 Å². The molecule has 0 aliphatic carbocycles. The van der Waals surface area contributed by atoms with Crippen LogP contribution in [0.15, 0.2) is 42.5 Å². The summed E-state index contributed by atoms with van der Waals surface area (Å²) in [5.41, 5.74) is 0.508. The third-order valence-corrected chi connectivity index (χ3v) is 3.56. The van der Waals surface area contributed by atoms with Crippen molar-refractivity contribution in [2.24, 2.45) is 0 Å². The molecule has 6 heteroatoms. The van der Waals surface area contributed by atoms with Crippen molar-refractivity contribution in [2.45, 2.75) is 13.0 Å². The molecule has 0 fully saturated rings. The lowest BCUT2D eigenvalue weighted by molar-refractivity contribution is -0.141. The molecular formula is C16H11Cl2NO3. The number of nitrogens with zero attached hydrogens (tertiary/aromatic N) is 1. The molecule has 22 heavy (non-hydrogen) atoms. The fourth-order valence-corrected chi connectivity index (χ4v) is 1.94. The lowest BCUT2D eigenvalue weighted by atomic mass is 10.2. The van der Waals surface area contributed by atoms with Crippen molar-refractivity contribution in [3.63, 3.8) is 0 Å². The van der Waals surface area contributed by atoms with E-state index in [1.54, 1.807) is 49.4 Å². The molecule has 0 aromatic heterocycles. The van der Waals surface area contributed by atoms with E-state index in [2.05, 4.69) is 0 Å². The Morgan fingerprint density at radius 2 is 1.86 bits per heavy atom. The molecule has 4 nitrogen and oxygen atoms in total. The van der Waals surface area contributed by atoms with Crippen LogP contribution in [0.5, 0.6) is 11.5 Å². The van der Waals surface area contributed by atoms with Crippen LogP contribution in [0.2, 0.25) is 10.0 Å². The van der Waals surface area contributed by atoms with Gasteiger partial charge in [0, 0.05) is 0 Å². The molecule has 0 amide bonds. The van der Waals surface area contributed by atoms with Gasteiger partial charge in [-0.2, -0.15) is 5.26 Å². The van der Waals surface area contributed by atoms with E-state index in [4.69, 9.17) is 37.9 Å². The molecule has 112 valence electrons. The SMILES string of the molecule is CC(Oc1ccc(C#N)cc1)C(=O)Oc1cccc(Cl)c1Cl. The Kier molecular flexibility index (Phi) is 5.26. The van der Waals surface area contributed by atoms with E-state index in [1.807, 2.05) is 6.07 Å². The summed E-state index contributed by atoms with van der Waals surface area (Å²) >= 11 is 11.8. The molecular weight excluding hydrogens is 325 g/mol. The van der Waals surface area contributed by atoms with Gasteiger partial charge in [-0.15, -0.1) is 0 Å². The maximum atomic E-state index is 12.0. The molecule has 0 saturated carbocycles. The number of ether oxygens (including phenoxy) is 2. The minimum Gasteiger partial charge on any atom is -0.479 e. The normalized spacial score (nSPS) is 11.4. The standard InChI is InChI=1S/C16H11Cl2NO3/c1-10(21-12-7-5-11(9-19)6-8-12)16(20)22-14-4-2-3-13(17)15(14)18/h2-8,10H,1H3. The smallest absolute Gasteiger partial charge is 0.352 e. The monoisotopic (exact) mass is 335 g/mol. The highest BCUT2D eigenvalue weighted by molar-refractivity contribution is 6.43. The van der Waals surface area contributed by atoms with Gasteiger partial charge in [0.15, 0.2) is 11.9 Å². The zero-order valence-corrected chi connectivity index (χ0v) is 13.1. The maximum absolute atomic E-state index is 12.0. The number of rotatable bonds is 4. The molecule has 0 aliphatic heterocycles. The zero-order valence-electron chi connectivity index (χ0n) is 11.5. The summed E-state index contributed by atoms with van der Waals surface area (Å²) in [6, 6.07) is 13.2. The molecule has 0 heterocycles. The average Bonchev–Trinajstić information content (AvgIpc) is 2.52. The number of esters is 1. The molecule has 0 saturated heterocycles. The number of carbonyl (C=O) groups excluding carboxylic acids is 1. The number of nitriles is 1. The van der Waals surface area contributed by atoms with Gasteiger partial charge in [0.1, 0.15) is 10.8 Å². The molecule has 2 aromatic carbocycles. The van der Waals surface area contributed by atoms with Crippen LogP contribution in [0.1, 0.15) is 12.5 Å². The summed E-state index contributed by atoms with van der Waals surface area (Å²) in [5.74, 6) is 0.0311. The van der Waals surface area contributed by atoms with Crippen molar-refractivity contribution in [1.29, 1.82) is 5.26 Å². The Morgan fingerprint density at radius 1 is 1.18 bits per heavy atom. The minimum absolute atomic E-state index is 0.170. The summed E-state index contributed by atoms with van der Waals surface area (Å²) < 4.78 is 10.6. The fourth-order valence-electron chi connectivity index (χ4n) is 1.61. The van der Waals surface area contributed by atoms with Gasteiger partial charge in [0.05, 0.1) is 16.7 Å². The first-order valence-electron chi connectivity index (χ1n) is 6.34. The third kappa shape index (κ3) is 3.91. The average molecular weight is 336 g/mol. The molecule has 0 N–H and O–H groups in total. The Bertz CT molecular complexity index is 723. The topological polar surface area (TPSA) is 59.3 Å². The van der Waals surface area contributed by atoms with Crippen LogP contribution >= 0.6 is 23.2 Å². The van der Waals surface area contributed by atoms with E-state index >= 15 is 0 Å². The molecule has 0 radical (unpaired) electrons. The number of carbonyl (C=O) groups is 1. The van der Waals surface area contributed by atoms with Crippen molar-refractivity contribution < 1.29 is 14.3 Å². The van der Waals surface area contributed by atoms with Crippen molar-refractivity contribution in [3.05, 3.63) is 58.1 Å². The van der Waals surface area contributed by atoms with Gasteiger partial charge < -0.3 is 9.47 Å². The van der Waals surface area contributed by atoms with Crippen molar-refractivity contribution in [1.82, 2.24) is 0 Å². The number of hydrogen-bond acceptors (Lipinski definition) is 4. The Hall–Kier alpha value is -2.22. The summed E-state index contributed by atoms with van der Waals surface area (Å²) in [6.07, 6.45) is -0.844. The van der Waals surface area contributed by atoms with Crippen LogP contribution in [0, 0.1) is 11.3 Å². The lowest BCUT2D eigenvalue weighted by Gasteiger charge is -2.14. The van der Waals surface area contributed by atoms with Gasteiger partial charge in [-0.1, -0.05) is 29.3 Å². The summed E-state index contributed by atoms with van der Waals surface area (Å²) in [4.78, 5) is 12.0. The maximum Gasteiger partial charge on any atom is 0.352 e. The molecule has 0 spiro atoms. The van der Waals surface area contributed by atoms with E-state index in [9.17, 15) is 4.79 Å². The number of benzene rings is 2. The Balaban J connectivity index is 2.02. The highest BCUT2D eigenvalue weighted by atomic mass is 35.5. The summed E-state index contributed by atoms with van der Waals surface area (Å²) in [5, 5.41) is 9.19. The van der Waals surface area contributed by atoms with Crippen LogP contribution in [-0.2, 0) is 4.79 Å².